The average Bonchev–Trinajstić information content (AvgIpc) is 3.49. The number of anilines is 1. The number of aromatic nitrogens is 4. The zero-order valence-electron chi connectivity index (χ0n) is 17.8. The van der Waals surface area contributed by atoms with E-state index in [1.165, 1.54) is 12.1 Å². The molecule has 0 bridgehead atoms. The van der Waals surface area contributed by atoms with Crippen molar-refractivity contribution < 1.29 is 13.5 Å². The van der Waals surface area contributed by atoms with E-state index in [-0.39, 0.29) is 17.7 Å². The van der Waals surface area contributed by atoms with Gasteiger partial charge >= 0.3 is 0 Å². The van der Waals surface area contributed by atoms with Gasteiger partial charge in [0.25, 0.3) is 0 Å². The molecular weight excluding hydrogens is 414 g/mol. The van der Waals surface area contributed by atoms with E-state index in [1.54, 1.807) is 28.9 Å². The number of nitrogens with zero attached hydrogens (tertiary/aromatic N) is 6. The van der Waals surface area contributed by atoms with Gasteiger partial charge in [-0.05, 0) is 41.5 Å². The third kappa shape index (κ3) is 4.22. The third-order valence-corrected chi connectivity index (χ3v) is 6.28. The van der Waals surface area contributed by atoms with E-state index in [9.17, 15) is 8.78 Å². The van der Waals surface area contributed by atoms with E-state index in [2.05, 4.69) is 20.4 Å². The first-order valence-electron chi connectivity index (χ1n) is 11.1. The van der Waals surface area contributed by atoms with Gasteiger partial charge in [0.15, 0.2) is 5.82 Å². The molecule has 168 valence electrons. The van der Waals surface area contributed by atoms with Crippen LogP contribution in [0.25, 0.3) is 0 Å². The van der Waals surface area contributed by atoms with Gasteiger partial charge in [-0.3, -0.25) is 4.90 Å². The SMILES string of the molecule is Fc1ccccc1[C@H](c1nnnn1C[C@H]1CCCO1)N1CCN(c2ccccc2F)CC1. The number of halogens is 2. The summed E-state index contributed by atoms with van der Waals surface area (Å²) in [6, 6.07) is 13.1. The largest absolute Gasteiger partial charge is 0.376 e. The van der Waals surface area contributed by atoms with Crippen molar-refractivity contribution in [3.05, 3.63) is 71.6 Å². The second-order valence-electron chi connectivity index (χ2n) is 8.25. The molecule has 0 unspecified atom stereocenters. The molecule has 0 amide bonds. The van der Waals surface area contributed by atoms with E-state index in [4.69, 9.17) is 4.74 Å². The molecule has 0 radical (unpaired) electrons. The summed E-state index contributed by atoms with van der Waals surface area (Å²) in [6.45, 7) is 3.79. The number of rotatable bonds is 6. The van der Waals surface area contributed by atoms with Crippen molar-refractivity contribution in [3.8, 4) is 0 Å². The molecule has 2 aromatic carbocycles. The number of ether oxygens (including phenoxy) is 1. The lowest BCUT2D eigenvalue weighted by molar-refractivity contribution is 0.0906. The Morgan fingerprint density at radius 3 is 2.44 bits per heavy atom. The molecule has 2 fully saturated rings. The van der Waals surface area contributed by atoms with Gasteiger partial charge in [0, 0.05) is 38.3 Å². The van der Waals surface area contributed by atoms with Crippen LogP contribution in [0.3, 0.4) is 0 Å². The quantitative estimate of drug-likeness (QED) is 0.587. The molecule has 0 spiro atoms. The maximum absolute atomic E-state index is 14.9. The molecule has 2 aliphatic heterocycles. The van der Waals surface area contributed by atoms with Crippen molar-refractivity contribution in [1.82, 2.24) is 25.1 Å². The average molecular weight is 440 g/mol. The van der Waals surface area contributed by atoms with E-state index in [1.807, 2.05) is 17.0 Å². The van der Waals surface area contributed by atoms with E-state index < -0.39 is 6.04 Å². The van der Waals surface area contributed by atoms with Gasteiger partial charge in [-0.2, -0.15) is 0 Å². The van der Waals surface area contributed by atoms with Crippen LogP contribution in [0, 0.1) is 11.6 Å². The van der Waals surface area contributed by atoms with Crippen LogP contribution in [0.2, 0.25) is 0 Å². The summed E-state index contributed by atoms with van der Waals surface area (Å²) in [7, 11) is 0. The summed E-state index contributed by atoms with van der Waals surface area (Å²) < 4.78 is 36.7. The Morgan fingerprint density at radius 1 is 0.969 bits per heavy atom. The van der Waals surface area contributed by atoms with E-state index in [0.717, 1.165) is 19.4 Å². The lowest BCUT2D eigenvalue weighted by Gasteiger charge is -2.40. The Kier molecular flexibility index (Phi) is 6.09. The predicted octanol–water partition coefficient (Wildman–Crippen LogP) is 3.04. The molecule has 2 atom stereocenters. The van der Waals surface area contributed by atoms with Crippen molar-refractivity contribution in [2.75, 3.05) is 37.7 Å². The minimum atomic E-state index is -0.435. The first-order chi connectivity index (χ1) is 15.7. The molecule has 1 aromatic heterocycles. The van der Waals surface area contributed by atoms with Gasteiger partial charge in [0.2, 0.25) is 0 Å². The lowest BCUT2D eigenvalue weighted by atomic mass is 10.0. The maximum atomic E-state index is 14.9. The highest BCUT2D eigenvalue weighted by Crippen LogP contribution is 2.31. The minimum Gasteiger partial charge on any atom is -0.376 e. The molecule has 0 aliphatic carbocycles. The second-order valence-corrected chi connectivity index (χ2v) is 8.25. The normalized spacial score (nSPS) is 20.6. The summed E-state index contributed by atoms with van der Waals surface area (Å²) in [6.07, 6.45) is 2.05. The van der Waals surface area contributed by atoms with E-state index >= 15 is 0 Å². The number of tetrazole rings is 1. The number of hydrogen-bond donors (Lipinski definition) is 0. The van der Waals surface area contributed by atoms with Crippen molar-refractivity contribution >= 4 is 5.69 Å². The molecule has 5 rings (SSSR count). The molecule has 0 saturated carbocycles. The smallest absolute Gasteiger partial charge is 0.173 e. The highest BCUT2D eigenvalue weighted by molar-refractivity contribution is 5.48. The van der Waals surface area contributed by atoms with Crippen molar-refractivity contribution in [1.29, 1.82) is 0 Å². The Morgan fingerprint density at radius 2 is 1.72 bits per heavy atom. The van der Waals surface area contributed by atoms with Crippen molar-refractivity contribution in [2.45, 2.75) is 31.5 Å². The van der Waals surface area contributed by atoms with Gasteiger partial charge in [-0.25, -0.2) is 13.5 Å². The fourth-order valence-corrected chi connectivity index (χ4v) is 4.64. The maximum Gasteiger partial charge on any atom is 0.173 e. The molecular formula is C23H26F2N6O. The number of benzene rings is 2. The molecule has 7 nitrogen and oxygen atoms in total. The Balaban J connectivity index is 1.42. The molecule has 3 heterocycles. The predicted molar refractivity (Wildman–Crippen MR) is 115 cm³/mol. The molecule has 9 heteroatoms. The zero-order valence-corrected chi connectivity index (χ0v) is 17.8. The van der Waals surface area contributed by atoms with Crippen LogP contribution in [0.1, 0.15) is 30.3 Å². The fraction of sp³-hybridized carbons (Fsp3) is 0.435. The zero-order chi connectivity index (χ0) is 21.9. The highest BCUT2D eigenvalue weighted by Gasteiger charge is 2.33. The van der Waals surface area contributed by atoms with Crippen molar-refractivity contribution in [2.24, 2.45) is 0 Å². The molecule has 2 aliphatic rings. The minimum absolute atomic E-state index is 0.0661. The number of para-hydroxylation sites is 1. The Bertz CT molecular complexity index is 1050. The van der Waals surface area contributed by atoms with Crippen LogP contribution in [-0.2, 0) is 11.3 Å². The molecule has 2 saturated heterocycles. The standard InChI is InChI=1S/C23H26F2N6O/c24-19-8-2-1-7-18(19)22(23-26-27-28-31(23)16-17-6-5-15-32-17)30-13-11-29(12-14-30)21-10-4-3-9-20(21)25/h1-4,7-10,17,22H,5-6,11-16H2/t17-,22-/m1/s1. The Hall–Kier alpha value is -2.91. The van der Waals surface area contributed by atoms with Crippen LogP contribution in [0.15, 0.2) is 48.5 Å². The monoisotopic (exact) mass is 440 g/mol. The highest BCUT2D eigenvalue weighted by atomic mass is 19.1. The molecule has 3 aromatic rings. The molecule has 0 N–H and O–H groups in total. The van der Waals surface area contributed by atoms with Crippen LogP contribution < -0.4 is 4.90 Å². The van der Waals surface area contributed by atoms with Crippen LogP contribution >= 0.6 is 0 Å². The van der Waals surface area contributed by atoms with Gasteiger partial charge in [-0.15, -0.1) is 5.10 Å². The first kappa shape index (κ1) is 21.0. The second kappa shape index (κ2) is 9.30. The van der Waals surface area contributed by atoms with Crippen LogP contribution in [0.5, 0.6) is 0 Å². The first-order valence-corrected chi connectivity index (χ1v) is 11.1. The Labute approximate surface area is 185 Å². The van der Waals surface area contributed by atoms with Gasteiger partial charge in [0.1, 0.15) is 17.7 Å². The van der Waals surface area contributed by atoms with Crippen molar-refractivity contribution in [3.63, 3.8) is 0 Å². The molecule has 32 heavy (non-hydrogen) atoms. The van der Waals surface area contributed by atoms with Gasteiger partial charge in [-0.1, -0.05) is 30.3 Å². The number of piperazine rings is 1. The lowest BCUT2D eigenvalue weighted by Crippen LogP contribution is -2.48. The van der Waals surface area contributed by atoms with Crippen LogP contribution in [0.4, 0.5) is 14.5 Å². The topological polar surface area (TPSA) is 59.3 Å². The summed E-state index contributed by atoms with van der Waals surface area (Å²) in [5.74, 6) is 0.0813. The van der Waals surface area contributed by atoms with E-state index in [0.29, 0.717) is 49.8 Å². The summed E-state index contributed by atoms with van der Waals surface area (Å²) in [4.78, 5) is 4.20. The fourth-order valence-electron chi connectivity index (χ4n) is 4.64. The van der Waals surface area contributed by atoms with Gasteiger partial charge < -0.3 is 9.64 Å². The van der Waals surface area contributed by atoms with Gasteiger partial charge in [0.05, 0.1) is 18.3 Å². The summed E-state index contributed by atoms with van der Waals surface area (Å²) in [5, 5.41) is 12.4. The number of hydrogen-bond acceptors (Lipinski definition) is 6. The summed E-state index contributed by atoms with van der Waals surface area (Å²) >= 11 is 0. The van der Waals surface area contributed by atoms with Crippen LogP contribution in [-0.4, -0.2) is 64.0 Å². The third-order valence-electron chi connectivity index (χ3n) is 6.28. The summed E-state index contributed by atoms with van der Waals surface area (Å²) in [5.41, 5.74) is 1.13.